The zero-order chi connectivity index (χ0) is 14.1. The Morgan fingerprint density at radius 3 is 2.85 bits per heavy atom. The van der Waals surface area contributed by atoms with E-state index in [1.165, 1.54) is 6.07 Å². The quantitative estimate of drug-likeness (QED) is 0.727. The second-order valence-corrected chi connectivity index (χ2v) is 4.24. The van der Waals surface area contributed by atoms with E-state index in [1.54, 1.807) is 18.2 Å². The monoisotopic (exact) mass is 286 g/mol. The molecule has 2 aromatic heterocycles. The van der Waals surface area contributed by atoms with E-state index in [9.17, 15) is 0 Å². The number of nitrogen functional groups attached to an aromatic ring is 1. The number of halogens is 1. The molecule has 1 aromatic carbocycles. The fourth-order valence-electron chi connectivity index (χ4n) is 1.77. The first-order valence-corrected chi connectivity index (χ1v) is 5.94. The van der Waals surface area contributed by atoms with Crippen LogP contribution < -0.4 is 10.5 Å². The highest BCUT2D eigenvalue weighted by Gasteiger charge is 2.17. The van der Waals surface area contributed by atoms with Crippen LogP contribution in [-0.2, 0) is 0 Å². The molecule has 0 saturated heterocycles. The van der Waals surface area contributed by atoms with Gasteiger partial charge in [-0.1, -0.05) is 23.7 Å². The topological polar surface area (TPSA) is 98.0 Å². The number of aromatic nitrogens is 2. The summed E-state index contributed by atoms with van der Waals surface area (Å²) in [5.74, 6) is 0.459. The summed E-state index contributed by atoms with van der Waals surface area (Å²) in [6, 6.07) is 10.5. The SMILES string of the molecule is N#Cc1oc2ccccc2c1Oc1cc(Cl)nc(N)n1. The smallest absolute Gasteiger partial charge is 0.247 e. The first-order valence-electron chi connectivity index (χ1n) is 5.57. The van der Waals surface area contributed by atoms with Gasteiger partial charge in [0.25, 0.3) is 0 Å². The van der Waals surface area contributed by atoms with E-state index in [4.69, 9.17) is 31.8 Å². The Kier molecular flexibility index (Phi) is 2.89. The minimum Gasteiger partial charge on any atom is -0.442 e. The molecule has 3 aromatic rings. The van der Waals surface area contributed by atoms with E-state index in [1.807, 2.05) is 12.1 Å². The average molecular weight is 287 g/mol. The predicted molar refractivity (Wildman–Crippen MR) is 72.5 cm³/mol. The van der Waals surface area contributed by atoms with Crippen LogP contribution in [0.1, 0.15) is 5.76 Å². The highest BCUT2D eigenvalue weighted by molar-refractivity contribution is 6.29. The van der Waals surface area contributed by atoms with Gasteiger partial charge < -0.3 is 14.9 Å². The number of hydrogen-bond acceptors (Lipinski definition) is 6. The summed E-state index contributed by atoms with van der Waals surface area (Å²) >= 11 is 5.78. The lowest BCUT2D eigenvalue weighted by molar-refractivity contribution is 0.450. The molecule has 7 heteroatoms. The highest BCUT2D eigenvalue weighted by atomic mass is 35.5. The fraction of sp³-hybridized carbons (Fsp3) is 0. The third-order valence-electron chi connectivity index (χ3n) is 2.55. The zero-order valence-electron chi connectivity index (χ0n) is 10.0. The van der Waals surface area contributed by atoms with Gasteiger partial charge in [-0.05, 0) is 12.1 Å². The van der Waals surface area contributed by atoms with Crippen LogP contribution in [0.2, 0.25) is 5.15 Å². The van der Waals surface area contributed by atoms with Gasteiger partial charge in [0.2, 0.25) is 17.6 Å². The van der Waals surface area contributed by atoms with Gasteiger partial charge in [-0.25, -0.2) is 4.98 Å². The summed E-state index contributed by atoms with van der Waals surface area (Å²) in [6.07, 6.45) is 0. The third kappa shape index (κ3) is 2.11. The normalized spacial score (nSPS) is 10.4. The Morgan fingerprint density at radius 1 is 1.30 bits per heavy atom. The van der Waals surface area contributed by atoms with Crippen molar-refractivity contribution in [2.24, 2.45) is 0 Å². The van der Waals surface area contributed by atoms with Crippen LogP contribution in [0.15, 0.2) is 34.7 Å². The van der Waals surface area contributed by atoms with E-state index >= 15 is 0 Å². The Balaban J connectivity index is 2.12. The molecule has 0 atom stereocenters. The van der Waals surface area contributed by atoms with Crippen molar-refractivity contribution >= 4 is 28.5 Å². The number of furan rings is 1. The first kappa shape index (κ1) is 12.3. The Bertz CT molecular complexity index is 818. The van der Waals surface area contributed by atoms with Gasteiger partial charge in [-0.3, -0.25) is 0 Å². The van der Waals surface area contributed by atoms with Crippen molar-refractivity contribution < 1.29 is 9.15 Å². The maximum atomic E-state index is 9.10. The number of hydrogen-bond donors (Lipinski definition) is 1. The summed E-state index contributed by atoms with van der Waals surface area (Å²) in [4.78, 5) is 7.63. The molecule has 0 saturated carbocycles. The molecule has 98 valence electrons. The van der Waals surface area contributed by atoms with Crippen LogP contribution in [0.5, 0.6) is 11.6 Å². The first-order chi connectivity index (χ1) is 9.67. The maximum Gasteiger partial charge on any atom is 0.247 e. The van der Waals surface area contributed by atoms with E-state index in [0.29, 0.717) is 11.0 Å². The zero-order valence-corrected chi connectivity index (χ0v) is 10.8. The lowest BCUT2D eigenvalue weighted by atomic mass is 10.2. The summed E-state index contributed by atoms with van der Waals surface area (Å²) in [5.41, 5.74) is 6.04. The number of fused-ring (bicyclic) bond motifs is 1. The maximum absolute atomic E-state index is 9.10. The van der Waals surface area contributed by atoms with Gasteiger partial charge >= 0.3 is 0 Å². The van der Waals surface area contributed by atoms with E-state index in [2.05, 4.69) is 9.97 Å². The van der Waals surface area contributed by atoms with Crippen molar-refractivity contribution in [3.8, 4) is 17.7 Å². The van der Waals surface area contributed by atoms with Crippen molar-refractivity contribution in [3.05, 3.63) is 41.2 Å². The molecular formula is C13H7ClN4O2. The Morgan fingerprint density at radius 2 is 2.10 bits per heavy atom. The lowest BCUT2D eigenvalue weighted by Crippen LogP contribution is -1.97. The molecule has 2 N–H and O–H groups in total. The molecule has 6 nitrogen and oxygen atoms in total. The van der Waals surface area contributed by atoms with Gasteiger partial charge in [0.05, 0.1) is 5.39 Å². The highest BCUT2D eigenvalue weighted by Crippen LogP contribution is 2.35. The number of nitrogens with two attached hydrogens (primary N) is 1. The third-order valence-corrected chi connectivity index (χ3v) is 2.74. The Labute approximate surface area is 118 Å². The molecule has 0 aliphatic carbocycles. The summed E-state index contributed by atoms with van der Waals surface area (Å²) < 4.78 is 11.0. The van der Waals surface area contributed by atoms with Gasteiger partial charge in [0, 0.05) is 6.07 Å². The fourth-order valence-corrected chi connectivity index (χ4v) is 1.95. The number of benzene rings is 1. The number of anilines is 1. The van der Waals surface area contributed by atoms with Crippen LogP contribution >= 0.6 is 11.6 Å². The van der Waals surface area contributed by atoms with Gasteiger partial charge in [-0.15, -0.1) is 0 Å². The number of rotatable bonds is 2. The molecule has 2 heterocycles. The summed E-state index contributed by atoms with van der Waals surface area (Å²) in [6.45, 7) is 0. The molecule has 0 radical (unpaired) electrons. The minimum atomic E-state index is -0.0150. The standard InChI is InChI=1S/C13H7ClN4O2/c14-10-5-11(18-13(16)17-10)20-12-7-3-1-2-4-8(7)19-9(12)6-15/h1-5H,(H2,16,17,18). The van der Waals surface area contributed by atoms with Crippen LogP contribution in [0, 0.1) is 11.3 Å². The predicted octanol–water partition coefficient (Wildman–Crippen LogP) is 3.12. The van der Waals surface area contributed by atoms with E-state index in [0.717, 1.165) is 0 Å². The second-order valence-electron chi connectivity index (χ2n) is 3.86. The minimum absolute atomic E-state index is 0.0150. The van der Waals surface area contributed by atoms with Crippen LogP contribution in [-0.4, -0.2) is 9.97 Å². The molecule has 3 rings (SSSR count). The average Bonchev–Trinajstić information content (AvgIpc) is 2.76. The molecule has 0 aliphatic heterocycles. The number of nitrogens with zero attached hydrogens (tertiary/aromatic N) is 3. The van der Waals surface area contributed by atoms with Gasteiger partial charge in [0.15, 0.2) is 5.75 Å². The van der Waals surface area contributed by atoms with Crippen molar-refractivity contribution in [1.82, 2.24) is 9.97 Å². The molecule has 0 amide bonds. The van der Waals surface area contributed by atoms with E-state index in [-0.39, 0.29) is 28.5 Å². The summed E-state index contributed by atoms with van der Waals surface area (Å²) in [5, 5.41) is 9.92. The number of para-hydroxylation sites is 1. The van der Waals surface area contributed by atoms with Crippen molar-refractivity contribution in [2.75, 3.05) is 5.73 Å². The van der Waals surface area contributed by atoms with Crippen LogP contribution in [0.25, 0.3) is 11.0 Å². The van der Waals surface area contributed by atoms with Crippen molar-refractivity contribution in [3.63, 3.8) is 0 Å². The van der Waals surface area contributed by atoms with Crippen LogP contribution in [0.4, 0.5) is 5.95 Å². The molecule has 0 aliphatic rings. The largest absolute Gasteiger partial charge is 0.442 e. The van der Waals surface area contributed by atoms with Gasteiger partial charge in [0.1, 0.15) is 16.8 Å². The van der Waals surface area contributed by atoms with E-state index < -0.39 is 0 Å². The molecule has 0 unspecified atom stereocenters. The second kappa shape index (κ2) is 4.72. The summed E-state index contributed by atoms with van der Waals surface area (Å²) in [7, 11) is 0. The number of nitriles is 1. The lowest BCUT2D eigenvalue weighted by Gasteiger charge is -2.03. The molecule has 0 bridgehead atoms. The number of ether oxygens (including phenoxy) is 1. The molecule has 0 spiro atoms. The van der Waals surface area contributed by atoms with Crippen LogP contribution in [0.3, 0.4) is 0 Å². The molecule has 0 fully saturated rings. The Hall–Kier alpha value is -2.78. The molecule has 20 heavy (non-hydrogen) atoms. The van der Waals surface area contributed by atoms with Crippen molar-refractivity contribution in [1.29, 1.82) is 5.26 Å². The molecular weight excluding hydrogens is 280 g/mol. The van der Waals surface area contributed by atoms with Gasteiger partial charge in [-0.2, -0.15) is 10.2 Å². The van der Waals surface area contributed by atoms with Crippen molar-refractivity contribution in [2.45, 2.75) is 0 Å².